The van der Waals surface area contributed by atoms with Crippen LogP contribution in [0.4, 0.5) is 0 Å². The SMILES string of the molecule is CC1(NCC2CCCNC2)CC1. The molecule has 12 heavy (non-hydrogen) atoms. The molecule has 70 valence electrons. The summed E-state index contributed by atoms with van der Waals surface area (Å²) in [6, 6.07) is 0. The number of hydrogen-bond acceptors (Lipinski definition) is 2. The molecule has 1 aliphatic heterocycles. The van der Waals surface area contributed by atoms with E-state index in [1.807, 2.05) is 0 Å². The van der Waals surface area contributed by atoms with Gasteiger partial charge in [0.15, 0.2) is 0 Å². The van der Waals surface area contributed by atoms with Crippen LogP contribution in [0.25, 0.3) is 0 Å². The fraction of sp³-hybridized carbons (Fsp3) is 1.00. The van der Waals surface area contributed by atoms with Gasteiger partial charge in [-0.2, -0.15) is 0 Å². The molecule has 2 nitrogen and oxygen atoms in total. The van der Waals surface area contributed by atoms with Crippen molar-refractivity contribution in [2.24, 2.45) is 5.92 Å². The van der Waals surface area contributed by atoms with Gasteiger partial charge >= 0.3 is 0 Å². The lowest BCUT2D eigenvalue weighted by molar-refractivity contribution is 0.343. The minimum absolute atomic E-state index is 0.525. The molecule has 0 spiro atoms. The third kappa shape index (κ3) is 2.20. The standard InChI is InChI=1S/C10H20N2/c1-10(4-5-10)12-8-9-3-2-6-11-7-9/h9,11-12H,2-8H2,1H3. The van der Waals surface area contributed by atoms with Crippen molar-refractivity contribution >= 4 is 0 Å². The predicted molar refractivity (Wildman–Crippen MR) is 51.2 cm³/mol. The van der Waals surface area contributed by atoms with Crippen LogP contribution < -0.4 is 10.6 Å². The van der Waals surface area contributed by atoms with Gasteiger partial charge in [-0.25, -0.2) is 0 Å². The Balaban J connectivity index is 1.65. The molecule has 1 saturated carbocycles. The highest BCUT2D eigenvalue weighted by Crippen LogP contribution is 2.34. The lowest BCUT2D eigenvalue weighted by Gasteiger charge is -2.24. The van der Waals surface area contributed by atoms with Gasteiger partial charge in [0.05, 0.1) is 0 Å². The average molecular weight is 168 g/mol. The quantitative estimate of drug-likeness (QED) is 0.660. The van der Waals surface area contributed by atoms with E-state index in [0.29, 0.717) is 5.54 Å². The summed E-state index contributed by atoms with van der Waals surface area (Å²) in [6.07, 6.45) is 5.54. The molecule has 0 radical (unpaired) electrons. The van der Waals surface area contributed by atoms with Crippen molar-refractivity contribution in [2.75, 3.05) is 19.6 Å². The summed E-state index contributed by atoms with van der Waals surface area (Å²) < 4.78 is 0. The van der Waals surface area contributed by atoms with Gasteiger partial charge in [-0.15, -0.1) is 0 Å². The first-order chi connectivity index (χ1) is 5.79. The van der Waals surface area contributed by atoms with Crippen LogP contribution in [0.1, 0.15) is 32.6 Å². The highest BCUT2D eigenvalue weighted by Gasteiger charge is 2.36. The van der Waals surface area contributed by atoms with E-state index in [-0.39, 0.29) is 0 Å². The molecule has 1 heterocycles. The van der Waals surface area contributed by atoms with E-state index < -0.39 is 0 Å². The Morgan fingerprint density at radius 3 is 2.92 bits per heavy atom. The molecular formula is C10H20N2. The molecule has 0 amide bonds. The summed E-state index contributed by atoms with van der Waals surface area (Å²) in [7, 11) is 0. The van der Waals surface area contributed by atoms with Crippen molar-refractivity contribution in [1.29, 1.82) is 0 Å². The first-order valence-electron chi connectivity index (χ1n) is 5.24. The molecule has 1 saturated heterocycles. The first-order valence-corrected chi connectivity index (χ1v) is 5.24. The van der Waals surface area contributed by atoms with Gasteiger partial charge < -0.3 is 10.6 Å². The Kier molecular flexibility index (Phi) is 2.37. The van der Waals surface area contributed by atoms with E-state index in [4.69, 9.17) is 0 Å². The number of piperidine rings is 1. The van der Waals surface area contributed by atoms with Crippen molar-refractivity contribution < 1.29 is 0 Å². The summed E-state index contributed by atoms with van der Waals surface area (Å²) in [6.45, 7) is 6.02. The van der Waals surface area contributed by atoms with Crippen LogP contribution in [0.15, 0.2) is 0 Å². The van der Waals surface area contributed by atoms with E-state index in [2.05, 4.69) is 17.6 Å². The van der Waals surface area contributed by atoms with Crippen molar-refractivity contribution in [3.63, 3.8) is 0 Å². The lowest BCUT2D eigenvalue weighted by Crippen LogP contribution is -2.39. The number of nitrogens with one attached hydrogen (secondary N) is 2. The lowest BCUT2D eigenvalue weighted by atomic mass is 9.99. The highest BCUT2D eigenvalue weighted by molar-refractivity contribution is 4.97. The topological polar surface area (TPSA) is 24.1 Å². The van der Waals surface area contributed by atoms with Crippen molar-refractivity contribution in [3.8, 4) is 0 Å². The molecular weight excluding hydrogens is 148 g/mol. The predicted octanol–water partition coefficient (Wildman–Crippen LogP) is 1.13. The Morgan fingerprint density at radius 1 is 1.50 bits per heavy atom. The van der Waals surface area contributed by atoms with Gasteiger partial charge in [-0.1, -0.05) is 0 Å². The third-order valence-electron chi connectivity index (χ3n) is 3.22. The molecule has 2 aliphatic rings. The zero-order valence-corrected chi connectivity index (χ0v) is 8.03. The van der Waals surface area contributed by atoms with Gasteiger partial charge in [-0.05, 0) is 58.2 Å². The van der Waals surface area contributed by atoms with Gasteiger partial charge in [0.25, 0.3) is 0 Å². The van der Waals surface area contributed by atoms with Crippen LogP contribution >= 0.6 is 0 Å². The minimum Gasteiger partial charge on any atom is -0.316 e. The van der Waals surface area contributed by atoms with Crippen LogP contribution in [0.3, 0.4) is 0 Å². The third-order valence-corrected chi connectivity index (χ3v) is 3.22. The molecule has 0 aromatic carbocycles. The second kappa shape index (κ2) is 3.35. The van der Waals surface area contributed by atoms with Crippen molar-refractivity contribution in [1.82, 2.24) is 10.6 Å². The molecule has 0 bridgehead atoms. The Labute approximate surface area is 75.1 Å². The van der Waals surface area contributed by atoms with Crippen LogP contribution in [0.2, 0.25) is 0 Å². The molecule has 1 unspecified atom stereocenters. The maximum Gasteiger partial charge on any atom is 0.0154 e. The van der Waals surface area contributed by atoms with Gasteiger partial charge in [0.2, 0.25) is 0 Å². The van der Waals surface area contributed by atoms with E-state index in [0.717, 1.165) is 5.92 Å². The number of hydrogen-bond donors (Lipinski definition) is 2. The van der Waals surface area contributed by atoms with Crippen LogP contribution in [0.5, 0.6) is 0 Å². The smallest absolute Gasteiger partial charge is 0.0154 e. The molecule has 1 aliphatic carbocycles. The van der Waals surface area contributed by atoms with E-state index in [1.165, 1.54) is 45.3 Å². The molecule has 2 heteroatoms. The highest BCUT2D eigenvalue weighted by atomic mass is 15.0. The molecule has 2 rings (SSSR count). The Bertz CT molecular complexity index is 146. The Hall–Kier alpha value is -0.0800. The van der Waals surface area contributed by atoms with E-state index >= 15 is 0 Å². The van der Waals surface area contributed by atoms with Crippen LogP contribution in [-0.2, 0) is 0 Å². The van der Waals surface area contributed by atoms with Gasteiger partial charge in [0.1, 0.15) is 0 Å². The molecule has 2 N–H and O–H groups in total. The van der Waals surface area contributed by atoms with Crippen molar-refractivity contribution in [2.45, 2.75) is 38.1 Å². The zero-order chi connectivity index (χ0) is 8.44. The summed E-state index contributed by atoms with van der Waals surface area (Å²) >= 11 is 0. The second-order valence-electron chi connectivity index (χ2n) is 4.65. The monoisotopic (exact) mass is 168 g/mol. The molecule has 0 aromatic heterocycles. The van der Waals surface area contributed by atoms with Gasteiger partial charge in [-0.3, -0.25) is 0 Å². The fourth-order valence-corrected chi connectivity index (χ4v) is 1.85. The maximum absolute atomic E-state index is 3.66. The molecule has 2 fully saturated rings. The molecule has 1 atom stereocenters. The second-order valence-corrected chi connectivity index (χ2v) is 4.65. The van der Waals surface area contributed by atoms with Crippen molar-refractivity contribution in [3.05, 3.63) is 0 Å². The van der Waals surface area contributed by atoms with Crippen LogP contribution in [0, 0.1) is 5.92 Å². The summed E-state index contributed by atoms with van der Waals surface area (Å²) in [5.74, 6) is 0.885. The normalized spacial score (nSPS) is 33.2. The summed E-state index contributed by atoms with van der Waals surface area (Å²) in [5.41, 5.74) is 0.525. The zero-order valence-electron chi connectivity index (χ0n) is 8.03. The fourth-order valence-electron chi connectivity index (χ4n) is 1.85. The number of rotatable bonds is 3. The summed E-state index contributed by atoms with van der Waals surface area (Å²) in [4.78, 5) is 0. The minimum atomic E-state index is 0.525. The van der Waals surface area contributed by atoms with Gasteiger partial charge in [0, 0.05) is 5.54 Å². The molecule has 0 aromatic rings. The Morgan fingerprint density at radius 2 is 2.33 bits per heavy atom. The summed E-state index contributed by atoms with van der Waals surface area (Å²) in [5, 5.41) is 7.11. The van der Waals surface area contributed by atoms with E-state index in [9.17, 15) is 0 Å². The maximum atomic E-state index is 3.66. The van der Waals surface area contributed by atoms with Crippen LogP contribution in [-0.4, -0.2) is 25.2 Å². The largest absolute Gasteiger partial charge is 0.316 e. The average Bonchev–Trinajstić information content (AvgIpc) is 2.84. The first kappa shape index (κ1) is 8.52. The van der Waals surface area contributed by atoms with E-state index in [1.54, 1.807) is 0 Å².